The number of hydrogen-bond acceptors (Lipinski definition) is 5. The molecule has 1 fully saturated rings. The standard InChI is InChI=1S/C12H26N4O4S/c1-11-4-3-6-16(10-11)21(18,19)15(8-9-20-2)7-5-12(13)14-17/h11,17H,3-10H2,1-2H3,(H2,13,14). The van der Waals surface area contributed by atoms with Gasteiger partial charge in [0.2, 0.25) is 0 Å². The molecular formula is C12H26N4O4S. The first-order valence-corrected chi connectivity index (χ1v) is 8.52. The van der Waals surface area contributed by atoms with Gasteiger partial charge < -0.3 is 15.7 Å². The van der Waals surface area contributed by atoms with Crippen LogP contribution in [0.3, 0.4) is 0 Å². The first-order valence-electron chi connectivity index (χ1n) is 7.12. The summed E-state index contributed by atoms with van der Waals surface area (Å²) in [5, 5.41) is 11.4. The summed E-state index contributed by atoms with van der Waals surface area (Å²) in [7, 11) is -2.01. The molecule has 0 saturated carbocycles. The van der Waals surface area contributed by atoms with Gasteiger partial charge in [0.25, 0.3) is 10.2 Å². The molecule has 3 N–H and O–H groups in total. The average Bonchev–Trinajstić information content (AvgIpc) is 2.46. The molecule has 0 radical (unpaired) electrons. The Morgan fingerprint density at radius 1 is 1.52 bits per heavy atom. The van der Waals surface area contributed by atoms with Crippen molar-refractivity contribution in [2.45, 2.75) is 26.2 Å². The fourth-order valence-electron chi connectivity index (χ4n) is 2.34. The van der Waals surface area contributed by atoms with Crippen LogP contribution in [0, 0.1) is 5.92 Å². The topological polar surface area (TPSA) is 108 Å². The van der Waals surface area contributed by atoms with Crippen molar-refractivity contribution in [2.75, 3.05) is 39.9 Å². The van der Waals surface area contributed by atoms with Gasteiger partial charge in [-0.25, -0.2) is 0 Å². The van der Waals surface area contributed by atoms with E-state index >= 15 is 0 Å². The van der Waals surface area contributed by atoms with Crippen LogP contribution in [0.1, 0.15) is 26.2 Å². The van der Waals surface area contributed by atoms with E-state index in [4.69, 9.17) is 15.7 Å². The molecule has 1 unspecified atom stereocenters. The number of amidine groups is 1. The maximum absolute atomic E-state index is 12.7. The molecule has 8 nitrogen and oxygen atoms in total. The van der Waals surface area contributed by atoms with Gasteiger partial charge in [0.1, 0.15) is 5.84 Å². The zero-order valence-electron chi connectivity index (χ0n) is 12.7. The zero-order chi connectivity index (χ0) is 15.9. The van der Waals surface area contributed by atoms with E-state index < -0.39 is 10.2 Å². The molecule has 1 saturated heterocycles. The van der Waals surface area contributed by atoms with Gasteiger partial charge in [-0.3, -0.25) is 0 Å². The number of oxime groups is 1. The van der Waals surface area contributed by atoms with Gasteiger partial charge in [-0.1, -0.05) is 12.1 Å². The van der Waals surface area contributed by atoms with Crippen LogP contribution in [-0.4, -0.2) is 68.0 Å². The average molecular weight is 322 g/mol. The van der Waals surface area contributed by atoms with E-state index in [1.54, 1.807) is 0 Å². The van der Waals surface area contributed by atoms with Crippen LogP contribution >= 0.6 is 0 Å². The minimum Gasteiger partial charge on any atom is -0.409 e. The monoisotopic (exact) mass is 322 g/mol. The lowest BCUT2D eigenvalue weighted by Gasteiger charge is -2.34. The number of nitrogens with two attached hydrogens (primary N) is 1. The Morgan fingerprint density at radius 2 is 2.24 bits per heavy atom. The van der Waals surface area contributed by atoms with Crippen LogP contribution < -0.4 is 5.73 Å². The number of hydrogen-bond donors (Lipinski definition) is 2. The highest BCUT2D eigenvalue weighted by atomic mass is 32.2. The third-order valence-corrected chi connectivity index (χ3v) is 5.56. The molecule has 0 aromatic carbocycles. The molecular weight excluding hydrogens is 296 g/mol. The highest BCUT2D eigenvalue weighted by Gasteiger charge is 2.32. The van der Waals surface area contributed by atoms with Gasteiger partial charge >= 0.3 is 0 Å². The second-order valence-electron chi connectivity index (χ2n) is 5.35. The Kier molecular flexibility index (Phi) is 7.36. The van der Waals surface area contributed by atoms with Gasteiger partial charge in [0.05, 0.1) is 6.61 Å². The van der Waals surface area contributed by atoms with Gasteiger partial charge in [0.15, 0.2) is 0 Å². The zero-order valence-corrected chi connectivity index (χ0v) is 13.5. The van der Waals surface area contributed by atoms with Crippen molar-refractivity contribution in [3.8, 4) is 0 Å². The number of rotatable bonds is 8. The van der Waals surface area contributed by atoms with Crippen LogP contribution in [0.4, 0.5) is 0 Å². The smallest absolute Gasteiger partial charge is 0.282 e. The van der Waals surface area contributed by atoms with Crippen LogP contribution in [0.5, 0.6) is 0 Å². The van der Waals surface area contributed by atoms with E-state index in [-0.39, 0.29) is 25.3 Å². The molecule has 0 aliphatic carbocycles. The maximum atomic E-state index is 12.7. The summed E-state index contributed by atoms with van der Waals surface area (Å²) in [5.74, 6) is 0.376. The predicted molar refractivity (Wildman–Crippen MR) is 80.4 cm³/mol. The van der Waals surface area contributed by atoms with Crippen LogP contribution in [0.15, 0.2) is 5.16 Å². The molecule has 0 aromatic heterocycles. The molecule has 1 rings (SSSR count). The predicted octanol–water partition coefficient (Wildman–Crippen LogP) is 0.0480. The van der Waals surface area contributed by atoms with Crippen molar-refractivity contribution in [3.63, 3.8) is 0 Å². The van der Waals surface area contributed by atoms with E-state index in [0.29, 0.717) is 25.6 Å². The Balaban J connectivity index is 2.78. The Hall–Kier alpha value is -0.900. The molecule has 1 heterocycles. The van der Waals surface area contributed by atoms with Gasteiger partial charge in [-0.15, -0.1) is 0 Å². The summed E-state index contributed by atoms with van der Waals surface area (Å²) in [4.78, 5) is 0. The number of ether oxygens (including phenoxy) is 1. The molecule has 9 heteroatoms. The summed E-state index contributed by atoms with van der Waals surface area (Å²) >= 11 is 0. The summed E-state index contributed by atoms with van der Waals surface area (Å²) in [6.45, 7) is 3.86. The van der Waals surface area contributed by atoms with E-state index in [9.17, 15) is 8.42 Å². The molecule has 1 atom stereocenters. The maximum Gasteiger partial charge on any atom is 0.282 e. The van der Waals surface area contributed by atoms with Crippen molar-refractivity contribution in [1.82, 2.24) is 8.61 Å². The first-order chi connectivity index (χ1) is 9.91. The fourth-order valence-corrected chi connectivity index (χ4v) is 4.10. The van der Waals surface area contributed by atoms with Gasteiger partial charge in [0, 0.05) is 39.7 Å². The molecule has 124 valence electrons. The second kappa shape index (κ2) is 8.52. The van der Waals surface area contributed by atoms with Crippen LogP contribution in [0.25, 0.3) is 0 Å². The number of nitrogens with zero attached hydrogens (tertiary/aromatic N) is 3. The number of piperidine rings is 1. The lowest BCUT2D eigenvalue weighted by molar-refractivity contribution is 0.173. The van der Waals surface area contributed by atoms with Gasteiger partial charge in [-0.2, -0.15) is 17.0 Å². The number of methoxy groups -OCH3 is 1. The molecule has 0 aromatic rings. The Bertz CT molecular complexity index is 441. The lowest BCUT2D eigenvalue weighted by Crippen LogP contribution is -2.49. The molecule has 1 aliphatic rings. The molecule has 1 aliphatic heterocycles. The summed E-state index contributed by atoms with van der Waals surface area (Å²) in [6.07, 6.45) is 2.11. The van der Waals surface area contributed by atoms with Crippen molar-refractivity contribution in [3.05, 3.63) is 0 Å². The Labute approximate surface area is 126 Å². The van der Waals surface area contributed by atoms with E-state index in [1.165, 1.54) is 15.7 Å². The summed E-state index contributed by atoms with van der Waals surface area (Å²) in [6, 6.07) is 0. The fraction of sp³-hybridized carbons (Fsp3) is 0.917. The van der Waals surface area contributed by atoms with Crippen LogP contribution in [0.2, 0.25) is 0 Å². The summed E-state index contributed by atoms with van der Waals surface area (Å²) < 4.78 is 33.2. The van der Waals surface area contributed by atoms with Crippen molar-refractivity contribution < 1.29 is 18.4 Å². The van der Waals surface area contributed by atoms with E-state index in [0.717, 1.165) is 12.8 Å². The third kappa shape index (κ3) is 5.42. The second-order valence-corrected chi connectivity index (χ2v) is 7.27. The Morgan fingerprint density at radius 3 is 2.81 bits per heavy atom. The minimum atomic E-state index is -3.54. The lowest BCUT2D eigenvalue weighted by atomic mass is 10.0. The van der Waals surface area contributed by atoms with Gasteiger partial charge in [-0.05, 0) is 18.8 Å². The summed E-state index contributed by atoms with van der Waals surface area (Å²) in [5.41, 5.74) is 5.43. The highest BCUT2D eigenvalue weighted by Crippen LogP contribution is 2.20. The quantitative estimate of drug-likeness (QED) is 0.284. The molecule has 0 amide bonds. The third-order valence-electron chi connectivity index (χ3n) is 3.56. The van der Waals surface area contributed by atoms with Crippen molar-refractivity contribution in [2.24, 2.45) is 16.8 Å². The molecule has 21 heavy (non-hydrogen) atoms. The highest BCUT2D eigenvalue weighted by molar-refractivity contribution is 7.86. The normalized spacial score (nSPS) is 21.9. The SMILES string of the molecule is COCCN(CCC(N)=NO)S(=O)(=O)N1CCCC(C)C1. The molecule has 0 bridgehead atoms. The largest absolute Gasteiger partial charge is 0.409 e. The van der Waals surface area contributed by atoms with Crippen molar-refractivity contribution >= 4 is 16.0 Å². The van der Waals surface area contributed by atoms with Crippen LogP contribution in [-0.2, 0) is 14.9 Å². The van der Waals surface area contributed by atoms with Crippen molar-refractivity contribution in [1.29, 1.82) is 0 Å². The van der Waals surface area contributed by atoms with E-state index in [1.807, 2.05) is 0 Å². The van der Waals surface area contributed by atoms with E-state index in [2.05, 4.69) is 12.1 Å². The molecule has 0 spiro atoms. The first kappa shape index (κ1) is 18.1. The minimum absolute atomic E-state index is 0.0135.